The average molecular weight is 335 g/mol. The van der Waals surface area contributed by atoms with Crippen LogP contribution >= 0.6 is 0 Å². The Hall–Kier alpha value is -3.21. The lowest BCUT2D eigenvalue weighted by Crippen LogP contribution is -2.35. The van der Waals surface area contributed by atoms with Gasteiger partial charge in [-0.3, -0.25) is 14.4 Å². The summed E-state index contributed by atoms with van der Waals surface area (Å²) >= 11 is 0. The molecule has 1 amide bonds. The molecule has 2 aromatic rings. The number of hydrogen-bond donors (Lipinski definition) is 1. The number of Topliss-reactive ketones (excluding diaryl/α,β-unsaturated/α-hetero) is 2. The van der Waals surface area contributed by atoms with Gasteiger partial charge in [-0.1, -0.05) is 54.6 Å². The number of hydrogen-bond acceptors (Lipinski definition) is 4. The van der Waals surface area contributed by atoms with Crippen molar-refractivity contribution in [3.05, 3.63) is 82.6 Å². The Balaban J connectivity index is 1.80. The smallest absolute Gasteiger partial charge is 0.259 e. The average Bonchev–Trinajstić information content (AvgIpc) is 2.65. The lowest BCUT2D eigenvalue weighted by molar-refractivity contribution is -0.117. The van der Waals surface area contributed by atoms with Crippen LogP contribution in [0.15, 0.2) is 65.9 Å². The molecule has 5 heteroatoms. The van der Waals surface area contributed by atoms with E-state index >= 15 is 0 Å². The molecule has 0 aromatic heterocycles. The number of carbonyl (C=O) groups is 3. The molecule has 0 saturated heterocycles. The first-order valence-corrected chi connectivity index (χ1v) is 7.92. The molecule has 0 saturated carbocycles. The number of nitrogens with one attached hydrogen (secondary N) is 1. The van der Waals surface area contributed by atoms with Gasteiger partial charge in [0.05, 0.1) is 7.11 Å². The molecule has 126 valence electrons. The first-order chi connectivity index (χ1) is 12.1. The van der Waals surface area contributed by atoms with E-state index in [9.17, 15) is 14.4 Å². The van der Waals surface area contributed by atoms with Gasteiger partial charge in [-0.05, 0) is 12.0 Å². The fourth-order valence-electron chi connectivity index (χ4n) is 2.81. The second-order valence-electron chi connectivity index (χ2n) is 5.60. The Bertz CT molecular complexity index is 868. The van der Waals surface area contributed by atoms with Crippen LogP contribution < -0.4 is 5.32 Å². The van der Waals surface area contributed by atoms with E-state index in [1.54, 1.807) is 24.3 Å². The minimum absolute atomic E-state index is 0.207. The number of methoxy groups -OCH3 is 1. The van der Waals surface area contributed by atoms with Crippen LogP contribution in [-0.4, -0.2) is 31.1 Å². The second-order valence-corrected chi connectivity index (χ2v) is 5.60. The van der Waals surface area contributed by atoms with E-state index in [2.05, 4.69) is 5.32 Å². The number of carbonyl (C=O) groups excluding carboxylic acids is 3. The first kappa shape index (κ1) is 16.6. The summed E-state index contributed by atoms with van der Waals surface area (Å²) in [6.07, 6.45) is 0.626. The van der Waals surface area contributed by atoms with Crippen molar-refractivity contribution in [2.45, 2.75) is 6.42 Å². The van der Waals surface area contributed by atoms with Crippen LogP contribution in [0, 0.1) is 0 Å². The number of ketones is 2. The molecule has 0 heterocycles. The molecule has 0 aliphatic heterocycles. The number of rotatable bonds is 5. The molecule has 5 nitrogen and oxygen atoms in total. The number of ether oxygens (including phenoxy) is 1. The normalized spacial score (nSPS) is 13.5. The number of fused-ring (bicyclic) bond motifs is 1. The van der Waals surface area contributed by atoms with Crippen LogP contribution in [0.4, 0.5) is 0 Å². The van der Waals surface area contributed by atoms with E-state index in [-0.39, 0.29) is 22.5 Å². The van der Waals surface area contributed by atoms with Crippen molar-refractivity contribution in [3.8, 4) is 0 Å². The van der Waals surface area contributed by atoms with Gasteiger partial charge in [0, 0.05) is 17.7 Å². The van der Waals surface area contributed by atoms with E-state index in [0.717, 1.165) is 5.56 Å². The summed E-state index contributed by atoms with van der Waals surface area (Å²) in [5.74, 6) is -1.75. The molecule has 0 radical (unpaired) electrons. The van der Waals surface area contributed by atoms with Crippen LogP contribution in [0.1, 0.15) is 26.3 Å². The molecule has 1 aliphatic carbocycles. The maximum atomic E-state index is 12.7. The third-order valence-electron chi connectivity index (χ3n) is 4.05. The molecule has 0 spiro atoms. The predicted molar refractivity (Wildman–Crippen MR) is 92.3 cm³/mol. The van der Waals surface area contributed by atoms with Gasteiger partial charge in [0.1, 0.15) is 5.57 Å². The molecule has 0 fully saturated rings. The second kappa shape index (κ2) is 7.13. The molecule has 0 unspecified atom stereocenters. The number of allylic oxidation sites excluding steroid dienone is 1. The van der Waals surface area contributed by atoms with Crippen molar-refractivity contribution in [1.29, 1.82) is 0 Å². The van der Waals surface area contributed by atoms with Crippen molar-refractivity contribution in [2.75, 3.05) is 13.7 Å². The van der Waals surface area contributed by atoms with E-state index in [0.29, 0.717) is 13.0 Å². The van der Waals surface area contributed by atoms with E-state index in [4.69, 9.17) is 4.74 Å². The van der Waals surface area contributed by atoms with Gasteiger partial charge < -0.3 is 10.1 Å². The summed E-state index contributed by atoms with van der Waals surface area (Å²) in [7, 11) is 1.28. The van der Waals surface area contributed by atoms with Crippen LogP contribution in [0.5, 0.6) is 0 Å². The minimum atomic E-state index is -0.597. The van der Waals surface area contributed by atoms with Gasteiger partial charge in [0.2, 0.25) is 11.6 Å². The lowest BCUT2D eigenvalue weighted by atomic mass is 9.87. The van der Waals surface area contributed by atoms with E-state index in [1.165, 1.54) is 7.11 Å². The molecule has 1 aliphatic rings. The minimum Gasteiger partial charge on any atom is -0.492 e. The quantitative estimate of drug-likeness (QED) is 0.851. The molecule has 0 atom stereocenters. The molecule has 3 rings (SSSR count). The van der Waals surface area contributed by atoms with Crippen molar-refractivity contribution in [3.63, 3.8) is 0 Å². The Labute approximate surface area is 145 Å². The van der Waals surface area contributed by atoms with Crippen LogP contribution in [-0.2, 0) is 16.0 Å². The maximum absolute atomic E-state index is 12.7. The summed E-state index contributed by atoms with van der Waals surface area (Å²) in [6.45, 7) is 0.354. The standard InChI is InChI=1S/C20H17NO4/c1-25-19-16(17(22)14-9-5-6-10-15(14)18(19)23)20(24)21-12-11-13-7-3-2-4-8-13/h2-10H,11-12H2,1H3,(H,21,24). The summed E-state index contributed by atoms with van der Waals surface area (Å²) in [5.41, 5.74) is 1.31. The van der Waals surface area contributed by atoms with E-state index < -0.39 is 17.5 Å². The maximum Gasteiger partial charge on any atom is 0.259 e. The van der Waals surface area contributed by atoms with Crippen LogP contribution in [0.3, 0.4) is 0 Å². The van der Waals surface area contributed by atoms with Crippen molar-refractivity contribution < 1.29 is 19.1 Å². The van der Waals surface area contributed by atoms with Crippen LogP contribution in [0.25, 0.3) is 0 Å². The van der Waals surface area contributed by atoms with Crippen molar-refractivity contribution >= 4 is 17.5 Å². The monoisotopic (exact) mass is 335 g/mol. The highest BCUT2D eigenvalue weighted by Crippen LogP contribution is 2.26. The van der Waals surface area contributed by atoms with E-state index in [1.807, 2.05) is 30.3 Å². The highest BCUT2D eigenvalue weighted by Gasteiger charge is 2.36. The SMILES string of the molecule is COC1=C(C(=O)NCCc2ccccc2)C(=O)c2ccccc2C1=O. The zero-order valence-electron chi connectivity index (χ0n) is 13.7. The Morgan fingerprint density at radius 1 is 0.920 bits per heavy atom. The van der Waals surface area contributed by atoms with Gasteiger partial charge in [0.25, 0.3) is 5.91 Å². The van der Waals surface area contributed by atoms with Gasteiger partial charge in [-0.2, -0.15) is 0 Å². The Kier molecular flexibility index (Phi) is 4.75. The summed E-state index contributed by atoms with van der Waals surface area (Å²) in [5, 5.41) is 2.70. The zero-order chi connectivity index (χ0) is 17.8. The third-order valence-corrected chi connectivity index (χ3v) is 4.05. The summed E-state index contributed by atoms with van der Waals surface area (Å²) < 4.78 is 5.08. The summed E-state index contributed by atoms with van der Waals surface area (Å²) in [4.78, 5) is 37.6. The summed E-state index contributed by atoms with van der Waals surface area (Å²) in [6, 6.07) is 16.1. The molecular weight excluding hydrogens is 318 g/mol. The van der Waals surface area contributed by atoms with Gasteiger partial charge in [-0.15, -0.1) is 0 Å². The number of amides is 1. The topological polar surface area (TPSA) is 72.5 Å². The molecule has 25 heavy (non-hydrogen) atoms. The predicted octanol–water partition coefficient (Wildman–Crippen LogP) is 2.33. The Morgan fingerprint density at radius 2 is 1.52 bits per heavy atom. The van der Waals surface area contributed by atoms with Gasteiger partial charge in [0.15, 0.2) is 5.76 Å². The largest absolute Gasteiger partial charge is 0.492 e. The lowest BCUT2D eigenvalue weighted by Gasteiger charge is -2.19. The Morgan fingerprint density at radius 3 is 2.16 bits per heavy atom. The fraction of sp³-hybridized carbons (Fsp3) is 0.150. The van der Waals surface area contributed by atoms with Crippen LogP contribution in [0.2, 0.25) is 0 Å². The zero-order valence-corrected chi connectivity index (χ0v) is 13.7. The highest BCUT2D eigenvalue weighted by atomic mass is 16.5. The van der Waals surface area contributed by atoms with Gasteiger partial charge in [-0.25, -0.2) is 0 Å². The van der Waals surface area contributed by atoms with Crippen molar-refractivity contribution in [2.24, 2.45) is 0 Å². The first-order valence-electron chi connectivity index (χ1n) is 7.92. The van der Waals surface area contributed by atoms with Crippen molar-refractivity contribution in [1.82, 2.24) is 5.32 Å². The molecule has 1 N–H and O–H groups in total. The fourth-order valence-corrected chi connectivity index (χ4v) is 2.81. The molecule has 0 bridgehead atoms. The number of benzene rings is 2. The highest BCUT2D eigenvalue weighted by molar-refractivity contribution is 6.35. The molecule has 2 aromatic carbocycles. The van der Waals surface area contributed by atoms with Gasteiger partial charge >= 0.3 is 0 Å². The molecular formula is C20H17NO4. The third kappa shape index (κ3) is 3.21.